The van der Waals surface area contributed by atoms with Crippen molar-refractivity contribution in [2.75, 3.05) is 51.3 Å². The summed E-state index contributed by atoms with van der Waals surface area (Å²) in [7, 11) is 1.67. The SMILES string of the molecule is COc1ccc(N2CCN([C@@H](CNC(=O)C(=O)NCCC3=CCCCC3)c3ccco3)CC2)cc1. The minimum Gasteiger partial charge on any atom is -0.497 e. The van der Waals surface area contributed by atoms with Crippen LogP contribution in [0.25, 0.3) is 0 Å². The van der Waals surface area contributed by atoms with Crippen LogP contribution in [0.4, 0.5) is 5.69 Å². The molecule has 2 aromatic rings. The van der Waals surface area contributed by atoms with Crippen molar-refractivity contribution in [3.63, 3.8) is 0 Å². The van der Waals surface area contributed by atoms with E-state index in [0.717, 1.165) is 62.6 Å². The molecule has 8 heteroatoms. The minimum absolute atomic E-state index is 0.132. The first kappa shape index (κ1) is 24.9. The standard InChI is InChI=1S/C27H36N4O4/c1-34-23-11-9-22(10-12-23)30-15-17-31(18-16-30)24(25-8-5-19-35-25)20-29-27(33)26(32)28-14-13-21-6-3-2-4-7-21/h5-6,8-12,19,24H,2-4,7,13-18,20H2,1H3,(H,28,32)(H,29,33)/t24-/m0/s1. The van der Waals surface area contributed by atoms with E-state index in [1.165, 1.54) is 18.4 Å². The molecule has 1 aromatic heterocycles. The molecule has 188 valence electrons. The van der Waals surface area contributed by atoms with Crippen molar-refractivity contribution in [1.29, 1.82) is 0 Å². The van der Waals surface area contributed by atoms with Gasteiger partial charge in [0, 0.05) is 45.0 Å². The molecule has 0 spiro atoms. The molecule has 2 N–H and O–H groups in total. The van der Waals surface area contributed by atoms with Crippen LogP contribution in [-0.4, -0.2) is 63.1 Å². The number of furan rings is 1. The maximum Gasteiger partial charge on any atom is 0.309 e. The Bertz CT molecular complexity index is 979. The third-order valence-corrected chi connectivity index (χ3v) is 6.84. The molecule has 1 aliphatic heterocycles. The predicted octanol–water partition coefficient (Wildman–Crippen LogP) is 3.27. The highest BCUT2D eigenvalue weighted by atomic mass is 16.5. The second kappa shape index (κ2) is 12.4. The molecule has 35 heavy (non-hydrogen) atoms. The number of rotatable bonds is 9. The fourth-order valence-electron chi connectivity index (χ4n) is 4.79. The van der Waals surface area contributed by atoms with E-state index in [9.17, 15) is 9.59 Å². The smallest absolute Gasteiger partial charge is 0.309 e. The van der Waals surface area contributed by atoms with Crippen LogP contribution >= 0.6 is 0 Å². The number of methoxy groups -OCH3 is 1. The van der Waals surface area contributed by atoms with Crippen LogP contribution in [-0.2, 0) is 9.59 Å². The van der Waals surface area contributed by atoms with Gasteiger partial charge in [-0.2, -0.15) is 0 Å². The van der Waals surface area contributed by atoms with Gasteiger partial charge in [-0.05, 0) is 68.5 Å². The molecular weight excluding hydrogens is 444 g/mol. The number of nitrogens with one attached hydrogen (secondary N) is 2. The van der Waals surface area contributed by atoms with E-state index in [1.54, 1.807) is 13.4 Å². The number of carbonyl (C=O) groups excluding carboxylic acids is 2. The number of anilines is 1. The maximum absolute atomic E-state index is 12.5. The predicted molar refractivity (Wildman–Crippen MR) is 135 cm³/mol. The highest BCUT2D eigenvalue weighted by Crippen LogP contribution is 2.25. The number of piperazine rings is 1. The molecule has 1 aliphatic carbocycles. The molecule has 0 unspecified atom stereocenters. The lowest BCUT2D eigenvalue weighted by atomic mass is 9.97. The molecule has 1 fully saturated rings. The summed E-state index contributed by atoms with van der Waals surface area (Å²) in [4.78, 5) is 29.4. The Hall–Kier alpha value is -3.26. The van der Waals surface area contributed by atoms with Crippen LogP contribution in [0.15, 0.2) is 58.7 Å². The zero-order valence-electron chi connectivity index (χ0n) is 20.5. The topological polar surface area (TPSA) is 87.0 Å². The van der Waals surface area contributed by atoms with Crippen molar-refractivity contribution in [1.82, 2.24) is 15.5 Å². The van der Waals surface area contributed by atoms with Gasteiger partial charge in [-0.3, -0.25) is 14.5 Å². The normalized spacial score (nSPS) is 17.4. The fraction of sp³-hybridized carbons (Fsp3) is 0.481. The van der Waals surface area contributed by atoms with Gasteiger partial charge in [0.25, 0.3) is 0 Å². The lowest BCUT2D eigenvalue weighted by Gasteiger charge is -2.39. The van der Waals surface area contributed by atoms with Crippen molar-refractivity contribution >= 4 is 17.5 Å². The average Bonchev–Trinajstić information content (AvgIpc) is 3.44. The number of ether oxygens (including phenoxy) is 1. The average molecular weight is 481 g/mol. The number of nitrogens with zero attached hydrogens (tertiary/aromatic N) is 2. The van der Waals surface area contributed by atoms with E-state index in [1.807, 2.05) is 24.3 Å². The first-order chi connectivity index (χ1) is 17.1. The number of allylic oxidation sites excluding steroid dienone is 1. The van der Waals surface area contributed by atoms with Gasteiger partial charge in [-0.15, -0.1) is 0 Å². The summed E-state index contributed by atoms with van der Waals surface area (Å²) in [5.41, 5.74) is 2.54. The van der Waals surface area contributed by atoms with Crippen molar-refractivity contribution in [3.05, 3.63) is 60.1 Å². The number of amides is 2. The molecule has 2 aliphatic rings. The van der Waals surface area contributed by atoms with Crippen LogP contribution in [0.3, 0.4) is 0 Å². The number of hydrogen-bond acceptors (Lipinski definition) is 6. The van der Waals surface area contributed by atoms with Crippen LogP contribution in [0.1, 0.15) is 43.9 Å². The summed E-state index contributed by atoms with van der Waals surface area (Å²) < 4.78 is 10.9. The second-order valence-electron chi connectivity index (χ2n) is 9.08. The molecule has 0 saturated carbocycles. The molecule has 1 aromatic carbocycles. The van der Waals surface area contributed by atoms with Gasteiger partial charge in [-0.1, -0.05) is 11.6 Å². The highest BCUT2D eigenvalue weighted by molar-refractivity contribution is 6.35. The van der Waals surface area contributed by atoms with E-state index in [0.29, 0.717) is 13.1 Å². The maximum atomic E-state index is 12.5. The Morgan fingerprint density at radius 2 is 1.80 bits per heavy atom. The Morgan fingerprint density at radius 1 is 1.03 bits per heavy atom. The second-order valence-corrected chi connectivity index (χ2v) is 9.08. The molecule has 1 saturated heterocycles. The third kappa shape index (κ3) is 6.88. The highest BCUT2D eigenvalue weighted by Gasteiger charge is 2.28. The lowest BCUT2D eigenvalue weighted by molar-refractivity contribution is -0.139. The first-order valence-corrected chi connectivity index (χ1v) is 12.5. The zero-order valence-corrected chi connectivity index (χ0v) is 20.5. The molecule has 0 bridgehead atoms. The Morgan fingerprint density at radius 3 is 2.46 bits per heavy atom. The van der Waals surface area contributed by atoms with Crippen LogP contribution in [0.5, 0.6) is 5.75 Å². The Balaban J connectivity index is 1.27. The summed E-state index contributed by atoms with van der Waals surface area (Å²) in [5, 5.41) is 5.57. The van der Waals surface area contributed by atoms with E-state index in [-0.39, 0.29) is 6.04 Å². The van der Waals surface area contributed by atoms with Crippen molar-refractivity contribution < 1.29 is 18.7 Å². The number of benzene rings is 1. The van der Waals surface area contributed by atoms with Crippen LogP contribution in [0, 0.1) is 0 Å². The third-order valence-electron chi connectivity index (χ3n) is 6.84. The zero-order chi connectivity index (χ0) is 24.5. The van der Waals surface area contributed by atoms with Crippen LogP contribution < -0.4 is 20.3 Å². The van der Waals surface area contributed by atoms with Gasteiger partial charge in [0.05, 0.1) is 19.4 Å². The molecule has 1 atom stereocenters. The quantitative estimate of drug-likeness (QED) is 0.423. The van der Waals surface area contributed by atoms with Crippen molar-refractivity contribution in [2.24, 2.45) is 0 Å². The number of carbonyl (C=O) groups is 2. The van der Waals surface area contributed by atoms with Crippen LogP contribution in [0.2, 0.25) is 0 Å². The van der Waals surface area contributed by atoms with Gasteiger partial charge in [0.15, 0.2) is 0 Å². The van der Waals surface area contributed by atoms with E-state index in [2.05, 4.69) is 38.6 Å². The van der Waals surface area contributed by atoms with Gasteiger partial charge in [0.1, 0.15) is 11.5 Å². The Labute approximate surface area is 207 Å². The van der Waals surface area contributed by atoms with Gasteiger partial charge in [0.2, 0.25) is 0 Å². The van der Waals surface area contributed by atoms with E-state index in [4.69, 9.17) is 9.15 Å². The first-order valence-electron chi connectivity index (χ1n) is 12.5. The van der Waals surface area contributed by atoms with Crippen molar-refractivity contribution in [2.45, 2.75) is 38.1 Å². The molecule has 8 nitrogen and oxygen atoms in total. The minimum atomic E-state index is -0.601. The fourth-order valence-corrected chi connectivity index (χ4v) is 4.79. The van der Waals surface area contributed by atoms with Gasteiger partial charge >= 0.3 is 11.8 Å². The summed E-state index contributed by atoms with van der Waals surface area (Å²) in [6.07, 6.45) is 9.38. The van der Waals surface area contributed by atoms with Crippen molar-refractivity contribution in [3.8, 4) is 5.75 Å². The van der Waals surface area contributed by atoms with E-state index < -0.39 is 11.8 Å². The molecule has 0 radical (unpaired) electrons. The largest absolute Gasteiger partial charge is 0.497 e. The molecule has 4 rings (SSSR count). The Kier molecular flexibility index (Phi) is 8.84. The van der Waals surface area contributed by atoms with Gasteiger partial charge < -0.3 is 24.7 Å². The lowest BCUT2D eigenvalue weighted by Crippen LogP contribution is -2.50. The summed E-state index contributed by atoms with van der Waals surface area (Å²) in [6.45, 7) is 4.14. The molecule has 2 heterocycles. The van der Waals surface area contributed by atoms with E-state index >= 15 is 0 Å². The summed E-state index contributed by atoms with van der Waals surface area (Å²) in [6, 6.07) is 11.7. The molecular formula is C27H36N4O4. The molecule has 2 amide bonds. The summed E-state index contributed by atoms with van der Waals surface area (Å²) in [5.74, 6) is 0.448. The van der Waals surface area contributed by atoms with Gasteiger partial charge in [-0.25, -0.2) is 0 Å². The summed E-state index contributed by atoms with van der Waals surface area (Å²) >= 11 is 0. The monoisotopic (exact) mass is 480 g/mol. The number of hydrogen-bond donors (Lipinski definition) is 2.